The molecule has 3 rings (SSSR count). The highest BCUT2D eigenvalue weighted by Gasteiger charge is 2.32. The smallest absolute Gasteiger partial charge is 0.256 e. The molecule has 1 amide bonds. The number of carbonyl (C=O) groups is 1. The van der Waals surface area contributed by atoms with Crippen molar-refractivity contribution >= 4 is 15.9 Å². The van der Waals surface area contributed by atoms with Gasteiger partial charge in [-0.05, 0) is 24.3 Å². The molecule has 0 spiro atoms. The second-order valence-corrected chi connectivity index (χ2v) is 7.66. The summed E-state index contributed by atoms with van der Waals surface area (Å²) in [5, 5.41) is 0. The van der Waals surface area contributed by atoms with E-state index in [9.17, 15) is 26.4 Å². The molecule has 138 valence electrons. The maximum Gasteiger partial charge on any atom is 0.256 e. The second kappa shape index (κ2) is 7.08. The van der Waals surface area contributed by atoms with Crippen molar-refractivity contribution < 1.29 is 26.4 Å². The lowest BCUT2D eigenvalue weighted by Gasteiger charge is -2.34. The average Bonchev–Trinajstić information content (AvgIpc) is 2.61. The monoisotopic (exact) mass is 384 g/mol. The summed E-state index contributed by atoms with van der Waals surface area (Å²) in [6, 6.07) is 7.70. The molecule has 0 saturated carbocycles. The summed E-state index contributed by atoms with van der Waals surface area (Å²) in [6.07, 6.45) is 0. The predicted octanol–water partition coefficient (Wildman–Crippen LogP) is 2.25. The zero-order chi connectivity index (χ0) is 18.9. The molecule has 1 aliphatic rings. The van der Waals surface area contributed by atoms with E-state index in [0.29, 0.717) is 6.07 Å². The number of halogens is 3. The Kier molecular flexibility index (Phi) is 5.01. The number of nitrogens with zero attached hydrogens (tertiary/aromatic N) is 2. The summed E-state index contributed by atoms with van der Waals surface area (Å²) in [7, 11) is -4.02. The van der Waals surface area contributed by atoms with Crippen LogP contribution in [0.5, 0.6) is 0 Å². The fourth-order valence-electron chi connectivity index (χ4n) is 2.76. The van der Waals surface area contributed by atoms with Gasteiger partial charge in [-0.25, -0.2) is 21.6 Å². The zero-order valence-electron chi connectivity index (χ0n) is 13.5. The van der Waals surface area contributed by atoms with Crippen LogP contribution in [0.4, 0.5) is 13.2 Å². The number of benzene rings is 2. The van der Waals surface area contributed by atoms with Gasteiger partial charge in [0.15, 0.2) is 0 Å². The number of piperazine rings is 1. The van der Waals surface area contributed by atoms with Gasteiger partial charge in [-0.2, -0.15) is 4.31 Å². The van der Waals surface area contributed by atoms with Crippen molar-refractivity contribution in [2.45, 2.75) is 4.90 Å². The average molecular weight is 384 g/mol. The minimum atomic E-state index is -4.02. The highest BCUT2D eigenvalue weighted by atomic mass is 32.2. The minimum absolute atomic E-state index is 0.0172. The lowest BCUT2D eigenvalue weighted by molar-refractivity contribution is 0.0693. The van der Waals surface area contributed by atoms with Crippen molar-refractivity contribution in [2.24, 2.45) is 0 Å². The molecule has 26 heavy (non-hydrogen) atoms. The molecule has 1 heterocycles. The summed E-state index contributed by atoms with van der Waals surface area (Å²) in [6.45, 7) is -0.0664. The normalized spacial score (nSPS) is 15.9. The van der Waals surface area contributed by atoms with Crippen LogP contribution in [-0.4, -0.2) is 49.7 Å². The van der Waals surface area contributed by atoms with Gasteiger partial charge in [-0.15, -0.1) is 0 Å². The molecule has 0 bridgehead atoms. The van der Waals surface area contributed by atoms with E-state index >= 15 is 0 Å². The molecule has 0 aliphatic carbocycles. The molecule has 1 aliphatic heterocycles. The zero-order valence-corrected chi connectivity index (χ0v) is 14.3. The first-order valence-electron chi connectivity index (χ1n) is 7.80. The van der Waals surface area contributed by atoms with Crippen molar-refractivity contribution in [1.29, 1.82) is 0 Å². The number of hydrogen-bond donors (Lipinski definition) is 0. The fraction of sp³-hybridized carbons (Fsp3) is 0.235. The number of carbonyl (C=O) groups excluding carboxylic acids is 1. The molecule has 0 N–H and O–H groups in total. The van der Waals surface area contributed by atoms with Crippen LogP contribution in [-0.2, 0) is 10.0 Å². The van der Waals surface area contributed by atoms with Gasteiger partial charge in [0.25, 0.3) is 5.91 Å². The third kappa shape index (κ3) is 3.45. The van der Waals surface area contributed by atoms with E-state index in [0.717, 1.165) is 22.5 Å². The Bertz CT molecular complexity index is 942. The van der Waals surface area contributed by atoms with Gasteiger partial charge < -0.3 is 4.90 Å². The Morgan fingerprint density at radius 3 is 2.15 bits per heavy atom. The second-order valence-electron chi connectivity index (χ2n) is 5.75. The Morgan fingerprint density at radius 1 is 0.885 bits per heavy atom. The Balaban J connectivity index is 1.73. The number of hydrogen-bond acceptors (Lipinski definition) is 3. The highest BCUT2D eigenvalue weighted by Crippen LogP contribution is 2.21. The van der Waals surface area contributed by atoms with Crippen LogP contribution in [0.3, 0.4) is 0 Å². The van der Waals surface area contributed by atoms with Crippen LogP contribution < -0.4 is 0 Å². The van der Waals surface area contributed by atoms with E-state index < -0.39 is 38.3 Å². The lowest BCUT2D eigenvalue weighted by atomic mass is 10.1. The van der Waals surface area contributed by atoms with Crippen molar-refractivity contribution in [1.82, 2.24) is 9.21 Å². The van der Waals surface area contributed by atoms with Gasteiger partial charge in [0, 0.05) is 32.2 Å². The molecule has 0 atom stereocenters. The van der Waals surface area contributed by atoms with Crippen LogP contribution in [0, 0.1) is 17.5 Å². The molecule has 2 aromatic rings. The molecule has 1 fully saturated rings. The van der Waals surface area contributed by atoms with Gasteiger partial charge in [0.05, 0.1) is 5.56 Å². The standard InChI is InChI=1S/C17H15F3N2O3S/c18-12-5-6-13(15(20)11-12)17(23)21-7-9-22(10-8-21)26(24,25)16-4-2-1-3-14(16)19/h1-6,11H,7-10H2. The first-order chi connectivity index (χ1) is 12.3. The number of sulfonamides is 1. The van der Waals surface area contributed by atoms with Gasteiger partial charge in [0.2, 0.25) is 10.0 Å². The third-order valence-corrected chi connectivity index (χ3v) is 6.07. The molecule has 0 aromatic heterocycles. The Labute approximate surface area is 148 Å². The van der Waals surface area contributed by atoms with Gasteiger partial charge in [-0.1, -0.05) is 12.1 Å². The van der Waals surface area contributed by atoms with Crippen molar-refractivity contribution in [2.75, 3.05) is 26.2 Å². The topological polar surface area (TPSA) is 57.7 Å². The van der Waals surface area contributed by atoms with Gasteiger partial charge in [-0.3, -0.25) is 4.79 Å². The first kappa shape index (κ1) is 18.4. The SMILES string of the molecule is O=C(c1ccc(F)cc1F)N1CCN(S(=O)(=O)c2ccccc2F)CC1. The van der Waals surface area contributed by atoms with E-state index in [1.165, 1.54) is 23.1 Å². The van der Waals surface area contributed by atoms with E-state index in [1.54, 1.807) is 0 Å². The van der Waals surface area contributed by atoms with Crippen LogP contribution in [0.1, 0.15) is 10.4 Å². The minimum Gasteiger partial charge on any atom is -0.336 e. The van der Waals surface area contributed by atoms with E-state index in [4.69, 9.17) is 0 Å². The van der Waals surface area contributed by atoms with Crippen LogP contribution in [0.25, 0.3) is 0 Å². The Morgan fingerprint density at radius 2 is 1.54 bits per heavy atom. The van der Waals surface area contributed by atoms with Gasteiger partial charge >= 0.3 is 0 Å². The molecule has 9 heteroatoms. The van der Waals surface area contributed by atoms with Crippen LogP contribution >= 0.6 is 0 Å². The molecule has 5 nitrogen and oxygen atoms in total. The number of rotatable bonds is 3. The molecular weight excluding hydrogens is 369 g/mol. The fourth-order valence-corrected chi connectivity index (χ4v) is 4.25. The van der Waals surface area contributed by atoms with Crippen molar-refractivity contribution in [3.8, 4) is 0 Å². The van der Waals surface area contributed by atoms with Crippen LogP contribution in [0.15, 0.2) is 47.4 Å². The van der Waals surface area contributed by atoms with E-state index in [2.05, 4.69) is 0 Å². The maximum absolute atomic E-state index is 13.8. The van der Waals surface area contributed by atoms with Gasteiger partial charge in [0.1, 0.15) is 22.3 Å². The molecule has 0 radical (unpaired) electrons. The predicted molar refractivity (Wildman–Crippen MR) is 87.4 cm³/mol. The largest absolute Gasteiger partial charge is 0.336 e. The third-order valence-electron chi connectivity index (χ3n) is 4.14. The Hall–Kier alpha value is -2.39. The number of amides is 1. The van der Waals surface area contributed by atoms with E-state index in [-0.39, 0.29) is 31.7 Å². The van der Waals surface area contributed by atoms with Crippen LogP contribution in [0.2, 0.25) is 0 Å². The molecule has 0 unspecified atom stereocenters. The van der Waals surface area contributed by atoms with Crippen molar-refractivity contribution in [3.63, 3.8) is 0 Å². The molecular formula is C17H15F3N2O3S. The highest BCUT2D eigenvalue weighted by molar-refractivity contribution is 7.89. The maximum atomic E-state index is 13.8. The summed E-state index contributed by atoms with van der Waals surface area (Å²) >= 11 is 0. The first-order valence-corrected chi connectivity index (χ1v) is 9.24. The summed E-state index contributed by atoms with van der Waals surface area (Å²) in [5.41, 5.74) is -0.281. The summed E-state index contributed by atoms with van der Waals surface area (Å²) in [5.74, 6) is -3.26. The van der Waals surface area contributed by atoms with Crippen molar-refractivity contribution in [3.05, 3.63) is 65.5 Å². The van der Waals surface area contributed by atoms with E-state index in [1.807, 2.05) is 0 Å². The lowest BCUT2D eigenvalue weighted by Crippen LogP contribution is -2.50. The summed E-state index contributed by atoms with van der Waals surface area (Å²) in [4.78, 5) is 13.2. The molecule has 1 saturated heterocycles. The molecule has 2 aromatic carbocycles. The summed E-state index contributed by atoms with van der Waals surface area (Å²) < 4.78 is 66.6. The quantitative estimate of drug-likeness (QED) is 0.816.